The Labute approximate surface area is 206 Å². The van der Waals surface area contributed by atoms with Crippen molar-refractivity contribution in [3.8, 4) is 5.69 Å². The maximum atomic E-state index is 5.86. The lowest BCUT2D eigenvalue weighted by Gasteiger charge is -2.28. The summed E-state index contributed by atoms with van der Waals surface area (Å²) >= 11 is 5.86. The molecule has 0 bridgehead atoms. The predicted octanol–water partition coefficient (Wildman–Crippen LogP) is 5.62. The molecule has 5 nitrogen and oxygen atoms in total. The fourth-order valence-electron chi connectivity index (χ4n) is 5.07. The van der Waals surface area contributed by atoms with Crippen molar-refractivity contribution in [2.75, 3.05) is 0 Å². The van der Waals surface area contributed by atoms with E-state index < -0.39 is 0 Å². The molecule has 0 spiro atoms. The van der Waals surface area contributed by atoms with Crippen LogP contribution in [0.3, 0.4) is 0 Å². The van der Waals surface area contributed by atoms with E-state index in [0.29, 0.717) is 6.54 Å². The van der Waals surface area contributed by atoms with Crippen molar-refractivity contribution in [2.24, 2.45) is 0 Å². The number of aryl methyl sites for hydroxylation is 2. The van der Waals surface area contributed by atoms with E-state index in [1.807, 2.05) is 36.7 Å². The molecule has 1 aromatic carbocycles. The van der Waals surface area contributed by atoms with Crippen LogP contribution in [0.4, 0.5) is 0 Å². The number of rotatable bonds is 6. The molecule has 0 unspecified atom stereocenters. The highest BCUT2D eigenvalue weighted by Gasteiger charge is 2.41. The topological polar surface area (TPSA) is 46.0 Å². The number of hydrogen-bond donors (Lipinski definition) is 1. The molecule has 5 rings (SSSR count). The zero-order valence-electron chi connectivity index (χ0n) is 19.8. The minimum atomic E-state index is -0.0484. The predicted molar refractivity (Wildman–Crippen MR) is 140 cm³/mol. The van der Waals surface area contributed by atoms with Crippen LogP contribution in [0.5, 0.6) is 0 Å². The highest BCUT2D eigenvalue weighted by atomic mass is 32.1. The van der Waals surface area contributed by atoms with Gasteiger partial charge in [0.15, 0.2) is 5.11 Å². The number of thiocarbonyl (C=S) groups is 1. The third-order valence-electron chi connectivity index (χ3n) is 6.66. The average molecular weight is 468 g/mol. The fourth-order valence-corrected chi connectivity index (χ4v) is 5.37. The van der Waals surface area contributed by atoms with Gasteiger partial charge in [-0.3, -0.25) is 9.97 Å². The SMILES string of the molecule is CCc1ccccc1-n1c(C)cc([C@@H]2[C@@H](c3ccccn3)NC(=S)N2Cc2ccccn2)c1C. The van der Waals surface area contributed by atoms with Crippen LogP contribution in [0, 0.1) is 13.8 Å². The van der Waals surface area contributed by atoms with Crippen LogP contribution in [0.15, 0.2) is 79.1 Å². The minimum Gasteiger partial charge on any atom is -0.352 e. The molecular weight excluding hydrogens is 438 g/mol. The summed E-state index contributed by atoms with van der Waals surface area (Å²) in [7, 11) is 0. The second-order valence-electron chi connectivity index (χ2n) is 8.72. The number of benzene rings is 1. The Balaban J connectivity index is 1.64. The molecule has 4 heterocycles. The molecule has 3 aromatic heterocycles. The van der Waals surface area contributed by atoms with E-state index in [1.54, 1.807) is 0 Å². The summed E-state index contributed by atoms with van der Waals surface area (Å²) in [5.74, 6) is 0. The van der Waals surface area contributed by atoms with E-state index in [-0.39, 0.29) is 12.1 Å². The number of aromatic nitrogens is 3. The maximum Gasteiger partial charge on any atom is 0.170 e. The molecule has 2 atom stereocenters. The van der Waals surface area contributed by atoms with Crippen LogP contribution >= 0.6 is 12.2 Å². The van der Waals surface area contributed by atoms with E-state index >= 15 is 0 Å². The highest BCUT2D eigenvalue weighted by Crippen LogP contribution is 2.42. The summed E-state index contributed by atoms with van der Waals surface area (Å²) in [5.41, 5.74) is 8.24. The van der Waals surface area contributed by atoms with E-state index in [0.717, 1.165) is 22.9 Å². The number of nitrogens with one attached hydrogen (secondary N) is 1. The van der Waals surface area contributed by atoms with Gasteiger partial charge in [0.1, 0.15) is 0 Å². The normalized spacial score (nSPS) is 17.7. The molecule has 172 valence electrons. The van der Waals surface area contributed by atoms with Crippen LogP contribution in [-0.2, 0) is 13.0 Å². The molecule has 6 heteroatoms. The first-order valence-electron chi connectivity index (χ1n) is 11.7. The van der Waals surface area contributed by atoms with Crippen molar-refractivity contribution in [3.63, 3.8) is 0 Å². The van der Waals surface area contributed by atoms with Crippen molar-refractivity contribution >= 4 is 17.3 Å². The minimum absolute atomic E-state index is 0.00172. The molecule has 1 aliphatic heterocycles. The van der Waals surface area contributed by atoms with E-state index in [2.05, 4.69) is 88.0 Å². The van der Waals surface area contributed by atoms with Gasteiger partial charge >= 0.3 is 0 Å². The van der Waals surface area contributed by atoms with Gasteiger partial charge in [-0.05, 0) is 80.0 Å². The molecular formula is C28H29N5S. The molecule has 1 N–H and O–H groups in total. The highest BCUT2D eigenvalue weighted by molar-refractivity contribution is 7.80. The number of hydrogen-bond acceptors (Lipinski definition) is 3. The standard InChI is InChI=1S/C28H29N5S/c1-4-21-11-5-6-14-25(21)33-19(2)17-23(20(33)3)27-26(24-13-8-10-16-30-24)31-28(34)32(27)18-22-12-7-9-15-29-22/h5-17,26-27H,4,18H2,1-3H3,(H,31,34)/t26-,27-/m1/s1. The third kappa shape index (κ3) is 3.99. The van der Waals surface area contributed by atoms with Crippen molar-refractivity contribution < 1.29 is 0 Å². The molecule has 4 aromatic rings. The van der Waals surface area contributed by atoms with Gasteiger partial charge in [0, 0.05) is 29.5 Å². The van der Waals surface area contributed by atoms with Crippen molar-refractivity contribution in [1.29, 1.82) is 0 Å². The van der Waals surface area contributed by atoms with Crippen molar-refractivity contribution in [3.05, 3.63) is 113 Å². The maximum absolute atomic E-state index is 5.86. The Morgan fingerprint density at radius 1 is 0.941 bits per heavy atom. The first kappa shape index (κ1) is 22.3. The van der Waals surface area contributed by atoms with Gasteiger partial charge in [0.2, 0.25) is 0 Å². The van der Waals surface area contributed by atoms with Gasteiger partial charge in [0.05, 0.1) is 30.0 Å². The van der Waals surface area contributed by atoms with Crippen molar-refractivity contribution in [2.45, 2.75) is 45.8 Å². The quantitative estimate of drug-likeness (QED) is 0.373. The first-order valence-corrected chi connectivity index (χ1v) is 12.1. The van der Waals surface area contributed by atoms with E-state index in [9.17, 15) is 0 Å². The average Bonchev–Trinajstić information content (AvgIpc) is 3.35. The van der Waals surface area contributed by atoms with Gasteiger partial charge in [-0.1, -0.05) is 37.3 Å². The van der Waals surface area contributed by atoms with E-state index in [4.69, 9.17) is 12.2 Å². The second kappa shape index (κ2) is 9.39. The van der Waals surface area contributed by atoms with Crippen LogP contribution in [0.2, 0.25) is 0 Å². The zero-order valence-corrected chi connectivity index (χ0v) is 20.6. The Morgan fingerprint density at radius 2 is 1.68 bits per heavy atom. The lowest BCUT2D eigenvalue weighted by atomic mass is 9.96. The Hall–Kier alpha value is -3.51. The largest absolute Gasteiger partial charge is 0.352 e. The second-order valence-corrected chi connectivity index (χ2v) is 9.11. The monoisotopic (exact) mass is 467 g/mol. The van der Waals surface area contributed by atoms with Crippen LogP contribution in [0.1, 0.15) is 52.9 Å². The van der Waals surface area contributed by atoms with Crippen LogP contribution < -0.4 is 5.32 Å². The zero-order chi connectivity index (χ0) is 23.7. The Morgan fingerprint density at radius 3 is 2.38 bits per heavy atom. The summed E-state index contributed by atoms with van der Waals surface area (Å²) in [4.78, 5) is 11.5. The Kier molecular flexibility index (Phi) is 6.16. The molecule has 1 aliphatic rings. The number of para-hydroxylation sites is 1. The van der Waals surface area contributed by atoms with Crippen LogP contribution in [-0.4, -0.2) is 24.5 Å². The summed E-state index contributed by atoms with van der Waals surface area (Å²) in [6.07, 6.45) is 4.67. The van der Waals surface area contributed by atoms with Crippen LogP contribution in [0.25, 0.3) is 5.69 Å². The smallest absolute Gasteiger partial charge is 0.170 e. The van der Waals surface area contributed by atoms with Gasteiger partial charge in [-0.25, -0.2) is 0 Å². The number of pyridine rings is 2. The summed E-state index contributed by atoms with van der Waals surface area (Å²) in [6, 6.07) is 23.0. The van der Waals surface area contributed by atoms with Crippen molar-refractivity contribution in [1.82, 2.24) is 24.8 Å². The molecule has 0 radical (unpaired) electrons. The van der Waals surface area contributed by atoms with Gasteiger partial charge in [-0.15, -0.1) is 0 Å². The third-order valence-corrected chi connectivity index (χ3v) is 7.01. The van der Waals surface area contributed by atoms with Gasteiger partial charge in [-0.2, -0.15) is 0 Å². The molecule has 1 fully saturated rings. The molecule has 0 saturated carbocycles. The molecule has 34 heavy (non-hydrogen) atoms. The summed E-state index contributed by atoms with van der Waals surface area (Å²) < 4.78 is 2.38. The van der Waals surface area contributed by atoms with Gasteiger partial charge in [0.25, 0.3) is 0 Å². The fraction of sp³-hybridized carbons (Fsp3) is 0.250. The Bertz CT molecular complexity index is 1300. The lowest BCUT2D eigenvalue weighted by Crippen LogP contribution is -2.29. The first-order chi connectivity index (χ1) is 16.6. The molecule has 0 amide bonds. The number of nitrogens with zero attached hydrogens (tertiary/aromatic N) is 4. The van der Waals surface area contributed by atoms with E-state index in [1.165, 1.54) is 28.2 Å². The summed E-state index contributed by atoms with van der Waals surface area (Å²) in [6.45, 7) is 7.24. The molecule has 0 aliphatic carbocycles. The molecule has 1 saturated heterocycles. The summed E-state index contributed by atoms with van der Waals surface area (Å²) in [5, 5.41) is 4.29. The lowest BCUT2D eigenvalue weighted by molar-refractivity contribution is 0.307. The van der Waals surface area contributed by atoms with Gasteiger partial charge < -0.3 is 14.8 Å².